The van der Waals surface area contributed by atoms with Crippen molar-refractivity contribution < 1.29 is 14.6 Å². The molecule has 2 heterocycles. The molecule has 0 aromatic heterocycles. The molecule has 0 aliphatic carbocycles. The third kappa shape index (κ3) is 3.03. The number of aliphatic hydroxyl groups is 1. The maximum Gasteiger partial charge on any atom is 0.0886 e. The van der Waals surface area contributed by atoms with Gasteiger partial charge in [-0.05, 0) is 51.7 Å². The van der Waals surface area contributed by atoms with Crippen molar-refractivity contribution in [3.05, 3.63) is 0 Å². The number of ether oxygens (including phenoxy) is 2. The lowest BCUT2D eigenvalue weighted by Crippen LogP contribution is -2.50. The van der Waals surface area contributed by atoms with Gasteiger partial charge in [0.1, 0.15) is 0 Å². The van der Waals surface area contributed by atoms with E-state index in [2.05, 4.69) is 0 Å². The van der Waals surface area contributed by atoms with Gasteiger partial charge in [0.25, 0.3) is 0 Å². The maximum atomic E-state index is 10.6. The van der Waals surface area contributed by atoms with Gasteiger partial charge in [0.2, 0.25) is 0 Å². The Morgan fingerprint density at radius 2 is 2.33 bits per heavy atom. The molecule has 2 saturated heterocycles. The monoisotopic (exact) mass is 274 g/mol. The minimum atomic E-state index is -0.455. The molecular formula is C14H26O3S. The van der Waals surface area contributed by atoms with Gasteiger partial charge in [0.05, 0.1) is 17.3 Å². The molecule has 0 aromatic rings. The molecule has 3 unspecified atom stereocenters. The first-order chi connectivity index (χ1) is 8.49. The summed E-state index contributed by atoms with van der Waals surface area (Å²) in [4.78, 5) is 0. The lowest BCUT2D eigenvalue weighted by Gasteiger charge is -2.43. The zero-order valence-electron chi connectivity index (χ0n) is 11.8. The van der Waals surface area contributed by atoms with E-state index in [4.69, 9.17) is 9.47 Å². The Morgan fingerprint density at radius 3 is 2.94 bits per heavy atom. The smallest absolute Gasteiger partial charge is 0.0886 e. The molecule has 18 heavy (non-hydrogen) atoms. The van der Waals surface area contributed by atoms with Gasteiger partial charge in [-0.2, -0.15) is 11.8 Å². The molecule has 2 aliphatic heterocycles. The van der Waals surface area contributed by atoms with Crippen LogP contribution in [0.15, 0.2) is 0 Å². The van der Waals surface area contributed by atoms with E-state index < -0.39 is 11.7 Å². The van der Waals surface area contributed by atoms with Gasteiger partial charge in [0.15, 0.2) is 0 Å². The molecule has 0 saturated carbocycles. The second-order valence-corrected chi connectivity index (χ2v) is 7.17. The fourth-order valence-electron chi connectivity index (χ4n) is 3.22. The van der Waals surface area contributed by atoms with E-state index in [1.165, 1.54) is 5.75 Å². The molecular weight excluding hydrogens is 248 g/mol. The average Bonchev–Trinajstić information content (AvgIpc) is 2.76. The summed E-state index contributed by atoms with van der Waals surface area (Å²) in [5.74, 6) is 2.59. The lowest BCUT2D eigenvalue weighted by atomic mass is 9.78. The Balaban J connectivity index is 2.00. The first kappa shape index (κ1) is 14.6. The number of aliphatic hydroxyl groups excluding tert-OH is 1. The second-order valence-electron chi connectivity index (χ2n) is 6.07. The maximum absolute atomic E-state index is 10.6. The summed E-state index contributed by atoms with van der Waals surface area (Å²) in [6.45, 7) is 7.39. The van der Waals surface area contributed by atoms with Crippen LogP contribution in [0.4, 0.5) is 0 Å². The van der Waals surface area contributed by atoms with Crippen LogP contribution in [0.1, 0.15) is 40.0 Å². The van der Waals surface area contributed by atoms with Gasteiger partial charge in [-0.3, -0.25) is 0 Å². The van der Waals surface area contributed by atoms with E-state index in [0.29, 0.717) is 12.5 Å². The van der Waals surface area contributed by atoms with E-state index in [9.17, 15) is 5.11 Å². The molecule has 1 spiro atoms. The second kappa shape index (κ2) is 5.70. The van der Waals surface area contributed by atoms with Crippen molar-refractivity contribution in [2.24, 2.45) is 5.92 Å². The summed E-state index contributed by atoms with van der Waals surface area (Å²) in [5, 5.41) is 10.6. The predicted molar refractivity (Wildman–Crippen MR) is 75.1 cm³/mol. The Hall–Kier alpha value is 0.230. The van der Waals surface area contributed by atoms with Crippen molar-refractivity contribution in [2.45, 2.75) is 57.3 Å². The molecule has 3 atom stereocenters. The minimum Gasteiger partial charge on any atom is -0.390 e. The number of thioether (sulfide) groups is 1. The molecule has 0 radical (unpaired) electrons. The largest absolute Gasteiger partial charge is 0.390 e. The first-order valence-electron chi connectivity index (χ1n) is 7.03. The van der Waals surface area contributed by atoms with Crippen molar-refractivity contribution in [3.8, 4) is 0 Å². The van der Waals surface area contributed by atoms with Crippen LogP contribution in [-0.4, -0.2) is 47.1 Å². The third-order valence-electron chi connectivity index (χ3n) is 4.27. The molecule has 3 nitrogen and oxygen atoms in total. The van der Waals surface area contributed by atoms with Crippen LogP contribution in [0, 0.1) is 5.92 Å². The molecule has 2 fully saturated rings. The quantitative estimate of drug-likeness (QED) is 0.855. The van der Waals surface area contributed by atoms with Crippen molar-refractivity contribution in [2.75, 3.05) is 24.7 Å². The van der Waals surface area contributed by atoms with Crippen LogP contribution >= 0.6 is 11.8 Å². The highest BCUT2D eigenvalue weighted by atomic mass is 32.2. The highest BCUT2D eigenvalue weighted by Gasteiger charge is 2.45. The zero-order valence-corrected chi connectivity index (χ0v) is 12.6. The Kier molecular flexibility index (Phi) is 4.63. The Morgan fingerprint density at radius 1 is 1.56 bits per heavy atom. The Labute approximate surface area is 115 Å². The Bertz CT molecular complexity index is 274. The fourth-order valence-corrected chi connectivity index (χ4v) is 4.60. The minimum absolute atomic E-state index is 0.0385. The van der Waals surface area contributed by atoms with Crippen molar-refractivity contribution in [1.29, 1.82) is 0 Å². The van der Waals surface area contributed by atoms with Crippen molar-refractivity contribution in [1.82, 2.24) is 0 Å². The van der Waals surface area contributed by atoms with Crippen LogP contribution in [-0.2, 0) is 9.47 Å². The summed E-state index contributed by atoms with van der Waals surface area (Å²) in [6, 6.07) is 0. The van der Waals surface area contributed by atoms with E-state index >= 15 is 0 Å². The van der Waals surface area contributed by atoms with Crippen LogP contribution in [0.5, 0.6) is 0 Å². The standard InChI is InChI=1S/C14H26O3S/c1-4-16-13(2,3)12(15)11-5-7-17-14(9-11)6-8-18-10-14/h11-12,15H,4-10H2,1-3H3. The van der Waals surface area contributed by atoms with Gasteiger partial charge in [-0.1, -0.05) is 0 Å². The molecule has 0 amide bonds. The molecule has 106 valence electrons. The van der Waals surface area contributed by atoms with Crippen LogP contribution in [0.3, 0.4) is 0 Å². The summed E-state index contributed by atoms with van der Waals surface area (Å²) >= 11 is 1.97. The number of hydrogen-bond acceptors (Lipinski definition) is 4. The number of hydrogen-bond donors (Lipinski definition) is 1. The molecule has 0 aromatic carbocycles. The summed E-state index contributed by atoms with van der Waals surface area (Å²) in [7, 11) is 0. The van der Waals surface area contributed by atoms with Gasteiger partial charge in [0, 0.05) is 19.0 Å². The van der Waals surface area contributed by atoms with Gasteiger partial charge >= 0.3 is 0 Å². The molecule has 2 rings (SSSR count). The van der Waals surface area contributed by atoms with Crippen molar-refractivity contribution in [3.63, 3.8) is 0 Å². The fraction of sp³-hybridized carbons (Fsp3) is 1.00. The first-order valence-corrected chi connectivity index (χ1v) is 8.18. The van der Waals surface area contributed by atoms with Crippen LogP contribution in [0.25, 0.3) is 0 Å². The highest BCUT2D eigenvalue weighted by Crippen LogP contribution is 2.42. The van der Waals surface area contributed by atoms with E-state index in [-0.39, 0.29) is 5.60 Å². The summed E-state index contributed by atoms with van der Waals surface area (Å²) in [6.07, 6.45) is 2.67. The normalized spacial score (nSPS) is 35.0. The number of rotatable bonds is 4. The summed E-state index contributed by atoms with van der Waals surface area (Å²) < 4.78 is 11.7. The van der Waals surface area contributed by atoms with Gasteiger partial charge < -0.3 is 14.6 Å². The van der Waals surface area contributed by atoms with Gasteiger partial charge in [-0.25, -0.2) is 0 Å². The van der Waals surface area contributed by atoms with Crippen LogP contribution in [0.2, 0.25) is 0 Å². The van der Waals surface area contributed by atoms with E-state index in [0.717, 1.165) is 31.6 Å². The van der Waals surface area contributed by atoms with Crippen LogP contribution < -0.4 is 0 Å². The molecule has 1 N–H and O–H groups in total. The third-order valence-corrected chi connectivity index (χ3v) is 5.50. The van der Waals surface area contributed by atoms with E-state index in [1.807, 2.05) is 32.5 Å². The summed E-state index contributed by atoms with van der Waals surface area (Å²) in [5.41, 5.74) is -0.416. The molecule has 2 aliphatic rings. The molecule has 4 heteroatoms. The average molecular weight is 274 g/mol. The SMILES string of the molecule is CCOC(C)(C)C(O)C1CCOC2(CCSC2)C1. The zero-order chi connectivity index (χ0) is 13.2. The predicted octanol–water partition coefficient (Wildman–Crippen LogP) is 2.46. The van der Waals surface area contributed by atoms with Gasteiger partial charge in [-0.15, -0.1) is 0 Å². The van der Waals surface area contributed by atoms with E-state index in [1.54, 1.807) is 0 Å². The highest BCUT2D eigenvalue weighted by molar-refractivity contribution is 7.99. The lowest BCUT2D eigenvalue weighted by molar-refractivity contribution is -0.157. The molecule has 0 bridgehead atoms. The van der Waals surface area contributed by atoms with Crippen molar-refractivity contribution >= 4 is 11.8 Å². The topological polar surface area (TPSA) is 38.7 Å².